The van der Waals surface area contributed by atoms with E-state index in [9.17, 15) is 0 Å². The first-order valence-corrected chi connectivity index (χ1v) is 10.9. The minimum Gasteiger partial charge on any atom is -1.00 e. The van der Waals surface area contributed by atoms with Crippen LogP contribution in [0.1, 0.15) is 0 Å². The number of hydrogen-bond acceptors (Lipinski definition) is 1. The van der Waals surface area contributed by atoms with Crippen LogP contribution in [0.3, 0.4) is 0 Å². The molecular formula is C25H22IOP. The maximum atomic E-state index is 5.84. The topological polar surface area (TPSA) is 9.23 Å². The quantitative estimate of drug-likeness (QED) is 0.299. The van der Waals surface area contributed by atoms with E-state index in [-0.39, 0.29) is 24.0 Å². The van der Waals surface area contributed by atoms with E-state index in [0.717, 1.165) is 5.75 Å². The summed E-state index contributed by atoms with van der Waals surface area (Å²) in [6, 6.07) is 41.0. The Morgan fingerprint density at radius 2 is 0.857 bits per heavy atom. The highest BCUT2D eigenvalue weighted by Crippen LogP contribution is 2.55. The van der Waals surface area contributed by atoms with Crippen molar-refractivity contribution in [2.75, 3.05) is 7.11 Å². The van der Waals surface area contributed by atoms with E-state index in [0.29, 0.717) is 0 Å². The maximum Gasteiger partial charge on any atom is 0.162 e. The summed E-state index contributed by atoms with van der Waals surface area (Å²) < 4.78 is 5.84. The molecule has 0 heterocycles. The van der Waals surface area contributed by atoms with Crippen molar-refractivity contribution in [3.8, 4) is 5.75 Å². The third kappa shape index (κ3) is 3.59. The van der Waals surface area contributed by atoms with Crippen LogP contribution in [-0.2, 0) is 0 Å². The fourth-order valence-electron chi connectivity index (χ4n) is 3.73. The Balaban J connectivity index is 0.00000225. The number of benzene rings is 4. The summed E-state index contributed by atoms with van der Waals surface area (Å²) in [5, 5.41) is 5.22. The Hall–Kier alpha value is -2.16. The molecule has 0 saturated heterocycles. The predicted molar refractivity (Wildman–Crippen MR) is 118 cm³/mol. The van der Waals surface area contributed by atoms with Gasteiger partial charge in [-0.25, -0.2) is 0 Å². The normalized spacial score (nSPS) is 10.8. The second-order valence-corrected chi connectivity index (χ2v) is 9.72. The van der Waals surface area contributed by atoms with Gasteiger partial charge >= 0.3 is 0 Å². The van der Waals surface area contributed by atoms with Crippen molar-refractivity contribution in [3.05, 3.63) is 115 Å². The zero-order valence-corrected chi connectivity index (χ0v) is 18.8. The number of ether oxygens (including phenoxy) is 1. The Kier molecular flexibility index (Phi) is 6.88. The smallest absolute Gasteiger partial charge is 0.162 e. The van der Waals surface area contributed by atoms with E-state index in [4.69, 9.17) is 4.74 Å². The Morgan fingerprint density at radius 3 is 1.25 bits per heavy atom. The van der Waals surface area contributed by atoms with Gasteiger partial charge in [-0.2, -0.15) is 0 Å². The van der Waals surface area contributed by atoms with Gasteiger partial charge in [0, 0.05) is 0 Å². The Morgan fingerprint density at radius 1 is 0.500 bits per heavy atom. The van der Waals surface area contributed by atoms with E-state index in [1.165, 1.54) is 21.2 Å². The van der Waals surface area contributed by atoms with Gasteiger partial charge in [0.25, 0.3) is 0 Å². The first-order valence-electron chi connectivity index (χ1n) is 9.07. The van der Waals surface area contributed by atoms with Crippen molar-refractivity contribution in [1.82, 2.24) is 0 Å². The van der Waals surface area contributed by atoms with E-state index >= 15 is 0 Å². The monoisotopic (exact) mass is 496 g/mol. The lowest BCUT2D eigenvalue weighted by atomic mass is 10.3. The fraction of sp³-hybridized carbons (Fsp3) is 0.0400. The van der Waals surface area contributed by atoms with Crippen LogP contribution >= 0.6 is 7.26 Å². The van der Waals surface area contributed by atoms with Crippen LogP contribution in [-0.4, -0.2) is 7.11 Å². The number of para-hydroxylation sites is 1. The first kappa shape index (κ1) is 20.6. The number of methoxy groups -OCH3 is 1. The van der Waals surface area contributed by atoms with Gasteiger partial charge in [-0.3, -0.25) is 0 Å². The molecule has 0 unspecified atom stereocenters. The van der Waals surface area contributed by atoms with Gasteiger partial charge in [0.1, 0.15) is 23.2 Å². The summed E-state index contributed by atoms with van der Waals surface area (Å²) in [6.45, 7) is 0. The second-order valence-electron chi connectivity index (χ2n) is 6.35. The van der Waals surface area contributed by atoms with Crippen molar-refractivity contribution >= 4 is 28.5 Å². The number of halogens is 1. The summed E-state index contributed by atoms with van der Waals surface area (Å²) in [7, 11) is -0.326. The predicted octanol–water partition coefficient (Wildman–Crippen LogP) is 1.32. The van der Waals surface area contributed by atoms with Crippen LogP contribution < -0.4 is 49.9 Å². The fourth-order valence-corrected chi connectivity index (χ4v) is 8.12. The minimum absolute atomic E-state index is 0. The summed E-state index contributed by atoms with van der Waals surface area (Å²) in [5.41, 5.74) is 0. The maximum absolute atomic E-state index is 5.84. The lowest BCUT2D eigenvalue weighted by molar-refractivity contribution is -0.00000545. The molecule has 4 aromatic rings. The van der Waals surface area contributed by atoms with Gasteiger partial charge in [0.15, 0.2) is 11.1 Å². The zero-order chi connectivity index (χ0) is 18.5. The third-order valence-electron chi connectivity index (χ3n) is 4.88. The molecule has 0 aliphatic heterocycles. The summed E-state index contributed by atoms with van der Waals surface area (Å²) in [5.74, 6) is 0.933. The minimum atomic E-state index is -2.08. The summed E-state index contributed by atoms with van der Waals surface area (Å²) in [6.07, 6.45) is 0. The molecule has 28 heavy (non-hydrogen) atoms. The van der Waals surface area contributed by atoms with Crippen molar-refractivity contribution in [1.29, 1.82) is 0 Å². The molecule has 0 aromatic heterocycles. The molecule has 0 spiro atoms. The summed E-state index contributed by atoms with van der Waals surface area (Å²) >= 11 is 0. The third-order valence-corrected chi connectivity index (χ3v) is 9.19. The molecule has 4 rings (SSSR count). The van der Waals surface area contributed by atoms with E-state index in [2.05, 4.69) is 109 Å². The highest BCUT2D eigenvalue weighted by atomic mass is 127. The van der Waals surface area contributed by atoms with Gasteiger partial charge in [-0.1, -0.05) is 66.7 Å². The van der Waals surface area contributed by atoms with Gasteiger partial charge in [0.05, 0.1) is 7.11 Å². The molecule has 0 aliphatic carbocycles. The lowest BCUT2D eigenvalue weighted by Crippen LogP contribution is -3.00. The lowest BCUT2D eigenvalue weighted by Gasteiger charge is -2.28. The van der Waals surface area contributed by atoms with Crippen LogP contribution in [0.15, 0.2) is 115 Å². The van der Waals surface area contributed by atoms with Crippen LogP contribution in [0.2, 0.25) is 0 Å². The molecule has 0 atom stereocenters. The van der Waals surface area contributed by atoms with Gasteiger partial charge in [-0.15, -0.1) is 0 Å². The molecule has 0 aliphatic rings. The van der Waals surface area contributed by atoms with Crippen LogP contribution in [0.25, 0.3) is 0 Å². The van der Waals surface area contributed by atoms with Crippen LogP contribution in [0.5, 0.6) is 5.75 Å². The van der Waals surface area contributed by atoms with Gasteiger partial charge in [-0.05, 0) is 48.5 Å². The van der Waals surface area contributed by atoms with Crippen molar-refractivity contribution < 1.29 is 28.7 Å². The van der Waals surface area contributed by atoms with Gasteiger partial charge < -0.3 is 28.7 Å². The molecule has 3 heteroatoms. The molecule has 0 bridgehead atoms. The standard InChI is InChI=1S/C25H22OP.HI/c1-26-24-19-11-12-20-25(24)27(21-13-5-2-6-14-21,22-15-7-3-8-16-22)23-17-9-4-10-18-23;/h2-20H,1H3;1H/q+1;/p-1. The zero-order valence-electron chi connectivity index (χ0n) is 15.7. The molecular weight excluding hydrogens is 474 g/mol. The summed E-state index contributed by atoms with van der Waals surface area (Å²) in [4.78, 5) is 0. The van der Waals surface area contributed by atoms with Crippen molar-refractivity contribution in [3.63, 3.8) is 0 Å². The van der Waals surface area contributed by atoms with Crippen molar-refractivity contribution in [2.45, 2.75) is 0 Å². The Labute approximate surface area is 184 Å². The van der Waals surface area contributed by atoms with E-state index in [1.807, 2.05) is 6.07 Å². The number of rotatable bonds is 5. The first-order chi connectivity index (χ1) is 13.4. The molecule has 0 saturated carbocycles. The molecule has 1 nitrogen and oxygen atoms in total. The highest BCUT2D eigenvalue weighted by molar-refractivity contribution is 8.01. The van der Waals surface area contributed by atoms with Crippen LogP contribution in [0.4, 0.5) is 0 Å². The Bertz CT molecular complexity index is 907. The molecule has 140 valence electrons. The molecule has 0 N–H and O–H groups in total. The second kappa shape index (κ2) is 9.36. The van der Waals surface area contributed by atoms with E-state index in [1.54, 1.807) is 7.11 Å². The van der Waals surface area contributed by atoms with Gasteiger partial charge in [0.2, 0.25) is 0 Å². The molecule has 0 fully saturated rings. The molecule has 0 radical (unpaired) electrons. The average Bonchev–Trinajstić information content (AvgIpc) is 2.77. The van der Waals surface area contributed by atoms with Crippen LogP contribution in [0, 0.1) is 0 Å². The van der Waals surface area contributed by atoms with E-state index < -0.39 is 7.26 Å². The van der Waals surface area contributed by atoms with Crippen molar-refractivity contribution in [2.24, 2.45) is 0 Å². The highest BCUT2D eigenvalue weighted by Gasteiger charge is 2.49. The SMILES string of the molecule is COc1ccccc1[P+](c1ccccc1)(c1ccccc1)c1ccccc1.[I-]. The largest absolute Gasteiger partial charge is 1.00 e. The average molecular weight is 496 g/mol. The molecule has 0 amide bonds. The number of hydrogen-bond donors (Lipinski definition) is 0. The molecule has 4 aromatic carbocycles.